The molecule has 1 aliphatic carbocycles. The molecule has 2 aliphatic rings. The van der Waals surface area contributed by atoms with Crippen LogP contribution >= 0.6 is 0 Å². The molecular weight excluding hydrogens is 409 g/mol. The van der Waals surface area contributed by atoms with Crippen LogP contribution in [0, 0.1) is 0 Å². The number of hydrogen-bond donors (Lipinski definition) is 0. The van der Waals surface area contributed by atoms with Crippen molar-refractivity contribution in [3.63, 3.8) is 0 Å². The monoisotopic (exact) mass is 432 g/mol. The summed E-state index contributed by atoms with van der Waals surface area (Å²) >= 11 is 0. The van der Waals surface area contributed by atoms with Crippen LogP contribution in [0.15, 0.2) is 43.2 Å². The molecular formula is C24H23F3O4. The maximum Gasteiger partial charge on any atom is 0.416 e. The first-order valence-corrected chi connectivity index (χ1v) is 10.2. The van der Waals surface area contributed by atoms with Crippen LogP contribution in [-0.2, 0) is 26.9 Å². The number of carbonyl (C=O) groups is 1. The maximum absolute atomic E-state index is 14.1. The van der Waals surface area contributed by atoms with E-state index in [9.17, 15) is 18.0 Å². The fraction of sp³-hybridized carbons (Fsp3) is 0.375. The normalized spacial score (nSPS) is 16.6. The average Bonchev–Trinajstić information content (AvgIpc) is 3.60. The average molecular weight is 432 g/mol. The van der Waals surface area contributed by atoms with Crippen molar-refractivity contribution in [2.24, 2.45) is 0 Å². The molecule has 4 rings (SSSR count). The molecule has 1 heterocycles. The summed E-state index contributed by atoms with van der Waals surface area (Å²) in [6.45, 7) is 4.05. The van der Waals surface area contributed by atoms with Crippen molar-refractivity contribution in [2.45, 2.75) is 43.9 Å². The van der Waals surface area contributed by atoms with Crippen molar-refractivity contribution in [2.75, 3.05) is 13.7 Å². The number of alkyl halides is 3. The number of aryl methyl sites for hydroxylation is 1. The van der Waals surface area contributed by atoms with E-state index >= 15 is 0 Å². The van der Waals surface area contributed by atoms with Crippen LogP contribution in [0.25, 0.3) is 11.1 Å². The smallest absolute Gasteiger partial charge is 0.416 e. The van der Waals surface area contributed by atoms with E-state index in [0.717, 1.165) is 62.0 Å². The predicted molar refractivity (Wildman–Crippen MR) is 109 cm³/mol. The van der Waals surface area contributed by atoms with E-state index in [4.69, 9.17) is 14.2 Å². The van der Waals surface area contributed by atoms with Gasteiger partial charge in [0.15, 0.2) is 0 Å². The van der Waals surface area contributed by atoms with Gasteiger partial charge in [0, 0.05) is 5.56 Å². The number of methoxy groups -OCH3 is 1. The van der Waals surface area contributed by atoms with Gasteiger partial charge in [0.05, 0.1) is 25.5 Å². The Labute approximate surface area is 178 Å². The summed E-state index contributed by atoms with van der Waals surface area (Å²) in [4.78, 5) is 12.5. The van der Waals surface area contributed by atoms with Crippen molar-refractivity contribution in [1.82, 2.24) is 0 Å². The number of hydrogen-bond acceptors (Lipinski definition) is 4. The number of ether oxygens (including phenoxy) is 3. The number of rotatable bonds is 6. The molecule has 1 aliphatic heterocycles. The van der Waals surface area contributed by atoms with Gasteiger partial charge >= 0.3 is 12.1 Å². The third kappa shape index (κ3) is 4.13. The van der Waals surface area contributed by atoms with Gasteiger partial charge in [-0.1, -0.05) is 18.7 Å². The lowest BCUT2D eigenvalue weighted by molar-refractivity contribution is -0.153. The highest BCUT2D eigenvalue weighted by atomic mass is 19.4. The topological polar surface area (TPSA) is 44.8 Å². The molecule has 2 aromatic rings. The zero-order chi connectivity index (χ0) is 22.2. The standard InChI is InChI=1S/C24H23F3O4/c1-3-30-22(23(28)29-2)21-18(24(25,26)27)10-9-17(14-6-7-14)20(21)16-8-11-19-15(13-16)5-4-12-31-19/h3,8-11,13-14,22H,1,4-7,12H2,2H3. The summed E-state index contributed by atoms with van der Waals surface area (Å²) in [5.41, 5.74) is 1.55. The Kier molecular flexibility index (Phi) is 5.69. The van der Waals surface area contributed by atoms with Crippen LogP contribution in [0.2, 0.25) is 0 Å². The molecule has 0 spiro atoms. The molecule has 0 amide bonds. The van der Waals surface area contributed by atoms with Crippen molar-refractivity contribution >= 4 is 5.97 Å². The number of benzene rings is 2. The minimum Gasteiger partial charge on any atom is -0.493 e. The first kappa shape index (κ1) is 21.3. The lowest BCUT2D eigenvalue weighted by atomic mass is 9.85. The van der Waals surface area contributed by atoms with Gasteiger partial charge in [-0.05, 0) is 72.1 Å². The van der Waals surface area contributed by atoms with E-state index in [1.54, 1.807) is 12.1 Å². The highest BCUT2D eigenvalue weighted by Crippen LogP contribution is 2.50. The van der Waals surface area contributed by atoms with Gasteiger partial charge in [0.2, 0.25) is 6.10 Å². The first-order chi connectivity index (χ1) is 14.8. The zero-order valence-electron chi connectivity index (χ0n) is 17.1. The molecule has 0 radical (unpaired) electrons. The van der Waals surface area contributed by atoms with Crippen LogP contribution in [0.1, 0.15) is 53.5 Å². The fourth-order valence-corrected chi connectivity index (χ4v) is 4.17. The largest absolute Gasteiger partial charge is 0.493 e. The van der Waals surface area contributed by atoms with Crippen molar-refractivity contribution in [1.29, 1.82) is 0 Å². The third-order valence-electron chi connectivity index (χ3n) is 5.71. The molecule has 0 N–H and O–H groups in total. The fourth-order valence-electron chi connectivity index (χ4n) is 4.17. The molecule has 2 aromatic carbocycles. The molecule has 164 valence electrons. The Bertz CT molecular complexity index is 1010. The van der Waals surface area contributed by atoms with Crippen LogP contribution < -0.4 is 4.74 Å². The minimum atomic E-state index is -4.68. The van der Waals surface area contributed by atoms with Crippen LogP contribution in [0.5, 0.6) is 5.75 Å². The van der Waals surface area contributed by atoms with Crippen molar-refractivity contribution < 1.29 is 32.2 Å². The van der Waals surface area contributed by atoms with Gasteiger partial charge in [-0.25, -0.2) is 4.79 Å². The molecule has 7 heteroatoms. The lowest BCUT2D eigenvalue weighted by Gasteiger charge is -2.26. The predicted octanol–water partition coefficient (Wildman–Crippen LogP) is 5.95. The Morgan fingerprint density at radius 1 is 1.26 bits per heavy atom. The van der Waals surface area contributed by atoms with Crippen LogP contribution in [0.3, 0.4) is 0 Å². The Morgan fingerprint density at radius 2 is 2.03 bits per heavy atom. The SMILES string of the molecule is C=COC(C(=O)OC)c1c(C(F)(F)F)ccc(C2CC2)c1-c1ccc2c(c1)CCCO2. The second kappa shape index (κ2) is 8.29. The Hall–Kier alpha value is -2.96. The second-order valence-electron chi connectivity index (χ2n) is 7.74. The Morgan fingerprint density at radius 3 is 2.68 bits per heavy atom. The van der Waals surface area contributed by atoms with E-state index in [1.165, 1.54) is 6.07 Å². The van der Waals surface area contributed by atoms with E-state index in [1.807, 2.05) is 6.07 Å². The van der Waals surface area contributed by atoms with Gasteiger partial charge in [-0.15, -0.1) is 0 Å². The summed E-state index contributed by atoms with van der Waals surface area (Å²) < 4.78 is 58.0. The number of fused-ring (bicyclic) bond motifs is 1. The molecule has 1 saturated carbocycles. The maximum atomic E-state index is 14.1. The number of carbonyl (C=O) groups excluding carboxylic acids is 1. The van der Waals surface area contributed by atoms with Crippen molar-refractivity contribution in [3.8, 4) is 16.9 Å². The van der Waals surface area contributed by atoms with E-state index < -0.39 is 23.8 Å². The number of halogens is 3. The summed E-state index contributed by atoms with van der Waals surface area (Å²) in [6, 6.07) is 7.96. The molecule has 0 aromatic heterocycles. The molecule has 1 unspecified atom stereocenters. The zero-order valence-corrected chi connectivity index (χ0v) is 17.1. The molecule has 31 heavy (non-hydrogen) atoms. The quantitative estimate of drug-likeness (QED) is 0.418. The van der Waals surface area contributed by atoms with Crippen LogP contribution in [-0.4, -0.2) is 19.7 Å². The molecule has 4 nitrogen and oxygen atoms in total. The number of esters is 1. The molecule has 0 bridgehead atoms. The summed E-state index contributed by atoms with van der Waals surface area (Å²) in [6.07, 6.45) is -1.91. The first-order valence-electron chi connectivity index (χ1n) is 10.2. The van der Waals surface area contributed by atoms with Gasteiger partial charge in [0.1, 0.15) is 5.75 Å². The highest BCUT2D eigenvalue weighted by molar-refractivity contribution is 5.84. The van der Waals surface area contributed by atoms with Crippen molar-refractivity contribution in [3.05, 3.63) is 65.4 Å². The van der Waals surface area contributed by atoms with E-state index in [2.05, 4.69) is 6.58 Å². The van der Waals surface area contributed by atoms with Gasteiger partial charge in [-0.3, -0.25) is 0 Å². The molecule has 1 atom stereocenters. The van der Waals surface area contributed by atoms with E-state index in [-0.39, 0.29) is 11.5 Å². The minimum absolute atomic E-state index is 0.144. The van der Waals surface area contributed by atoms with Gasteiger partial charge < -0.3 is 14.2 Å². The summed E-state index contributed by atoms with van der Waals surface area (Å²) in [5, 5.41) is 0. The summed E-state index contributed by atoms with van der Waals surface area (Å²) in [7, 11) is 1.12. The second-order valence-corrected chi connectivity index (χ2v) is 7.74. The third-order valence-corrected chi connectivity index (χ3v) is 5.71. The van der Waals surface area contributed by atoms with E-state index in [0.29, 0.717) is 17.7 Å². The van der Waals surface area contributed by atoms with Crippen LogP contribution in [0.4, 0.5) is 13.2 Å². The van der Waals surface area contributed by atoms with Gasteiger partial charge in [0.25, 0.3) is 0 Å². The molecule has 0 saturated heterocycles. The summed E-state index contributed by atoms with van der Waals surface area (Å²) in [5.74, 6) is -0.0328. The Balaban J connectivity index is 2.01. The van der Waals surface area contributed by atoms with Gasteiger partial charge in [-0.2, -0.15) is 13.2 Å². The molecule has 1 fully saturated rings. The lowest BCUT2D eigenvalue weighted by Crippen LogP contribution is -2.22. The highest BCUT2D eigenvalue weighted by Gasteiger charge is 2.42.